The molecule has 28 heavy (non-hydrogen) atoms. The Morgan fingerprint density at radius 2 is 1.82 bits per heavy atom. The van der Waals surface area contributed by atoms with Crippen molar-refractivity contribution in [3.05, 3.63) is 52.2 Å². The third-order valence-electron chi connectivity index (χ3n) is 4.72. The maximum absolute atomic E-state index is 6.23. The van der Waals surface area contributed by atoms with E-state index in [1.54, 1.807) is 6.07 Å². The molecule has 0 spiro atoms. The lowest BCUT2D eigenvalue weighted by molar-refractivity contribution is 0.305. The van der Waals surface area contributed by atoms with E-state index in [9.17, 15) is 0 Å². The molecule has 1 atom stereocenters. The van der Waals surface area contributed by atoms with Gasteiger partial charge in [-0.2, -0.15) is 0 Å². The third kappa shape index (κ3) is 4.17. The first kappa shape index (κ1) is 19.6. The highest BCUT2D eigenvalue weighted by molar-refractivity contribution is 7.99. The first-order chi connectivity index (χ1) is 13.4. The van der Waals surface area contributed by atoms with Crippen LogP contribution in [0.15, 0.2) is 40.5 Å². The second kappa shape index (κ2) is 7.99. The van der Waals surface area contributed by atoms with Crippen LogP contribution in [0.1, 0.15) is 43.4 Å². The molecule has 1 aromatic carbocycles. The summed E-state index contributed by atoms with van der Waals surface area (Å²) in [5.74, 6) is 2.09. The molecule has 1 fully saturated rings. The fraction of sp³-hybridized carbons (Fsp3) is 0.368. The van der Waals surface area contributed by atoms with Crippen LogP contribution in [-0.4, -0.2) is 43.7 Å². The lowest BCUT2D eigenvalue weighted by Gasteiger charge is -2.20. The van der Waals surface area contributed by atoms with Crippen LogP contribution >= 0.6 is 35.0 Å². The number of aromatic nitrogens is 5. The van der Waals surface area contributed by atoms with Crippen molar-refractivity contribution in [3.63, 3.8) is 0 Å². The van der Waals surface area contributed by atoms with Gasteiger partial charge in [0.15, 0.2) is 5.82 Å². The van der Waals surface area contributed by atoms with Crippen LogP contribution in [0.25, 0.3) is 5.69 Å². The summed E-state index contributed by atoms with van der Waals surface area (Å²) in [6, 6.07) is 9.50. The lowest BCUT2D eigenvalue weighted by Crippen LogP contribution is -2.20. The van der Waals surface area contributed by atoms with Crippen LogP contribution in [0.4, 0.5) is 0 Å². The number of hydrogen-bond donors (Lipinski definition) is 0. The zero-order valence-electron chi connectivity index (χ0n) is 15.8. The molecule has 4 rings (SSSR count). The summed E-state index contributed by atoms with van der Waals surface area (Å²) < 4.78 is 2.04. The predicted molar refractivity (Wildman–Crippen MR) is 112 cm³/mol. The highest BCUT2D eigenvalue weighted by Gasteiger charge is 2.28. The number of hydrogen-bond acceptors (Lipinski definition) is 6. The zero-order valence-corrected chi connectivity index (χ0v) is 18.1. The summed E-state index contributed by atoms with van der Waals surface area (Å²) in [7, 11) is 4.04. The Balaban J connectivity index is 1.75. The van der Waals surface area contributed by atoms with Gasteiger partial charge in [-0.3, -0.25) is 9.47 Å². The van der Waals surface area contributed by atoms with Crippen molar-refractivity contribution < 1.29 is 0 Å². The summed E-state index contributed by atoms with van der Waals surface area (Å²) >= 11 is 13.8. The maximum atomic E-state index is 6.23. The summed E-state index contributed by atoms with van der Waals surface area (Å²) in [6.45, 7) is 2.09. The molecule has 0 aliphatic heterocycles. The number of halogens is 2. The van der Waals surface area contributed by atoms with Crippen molar-refractivity contribution in [2.75, 3.05) is 14.1 Å². The largest absolute Gasteiger partial charge is 0.300 e. The fourth-order valence-electron chi connectivity index (χ4n) is 2.77. The van der Waals surface area contributed by atoms with E-state index in [4.69, 9.17) is 23.2 Å². The van der Waals surface area contributed by atoms with Crippen LogP contribution < -0.4 is 0 Å². The van der Waals surface area contributed by atoms with Gasteiger partial charge >= 0.3 is 0 Å². The molecule has 0 amide bonds. The van der Waals surface area contributed by atoms with Gasteiger partial charge in [0, 0.05) is 22.7 Å². The van der Waals surface area contributed by atoms with Gasteiger partial charge in [-0.15, -0.1) is 10.2 Å². The van der Waals surface area contributed by atoms with Crippen molar-refractivity contribution in [2.45, 2.75) is 41.9 Å². The van der Waals surface area contributed by atoms with Crippen molar-refractivity contribution in [1.82, 2.24) is 29.6 Å². The number of nitrogens with zero attached hydrogens (tertiary/aromatic N) is 6. The molecule has 9 heteroatoms. The minimum Gasteiger partial charge on any atom is -0.300 e. The standard InChI is InChI=1S/C19H20Cl2N6S/c1-11(26(2)3)18-24-25-19(27(18)14-8-6-13(20)7-9-14)28-16-10-15(21)22-17(23-16)12-4-5-12/h6-12H,4-5H2,1-3H3. The van der Waals surface area contributed by atoms with E-state index >= 15 is 0 Å². The maximum Gasteiger partial charge on any atom is 0.202 e. The molecule has 0 N–H and O–H groups in total. The Bertz CT molecular complexity index is 985. The second-order valence-electron chi connectivity index (χ2n) is 7.06. The van der Waals surface area contributed by atoms with Gasteiger partial charge in [0.1, 0.15) is 16.0 Å². The molecule has 2 heterocycles. The minimum atomic E-state index is 0.0774. The van der Waals surface area contributed by atoms with Gasteiger partial charge in [-0.1, -0.05) is 23.2 Å². The molecule has 0 saturated heterocycles. The molecule has 6 nitrogen and oxygen atoms in total. The van der Waals surface area contributed by atoms with Gasteiger partial charge in [-0.25, -0.2) is 9.97 Å². The van der Waals surface area contributed by atoms with Crippen LogP contribution in [0, 0.1) is 0 Å². The zero-order chi connectivity index (χ0) is 19.8. The van der Waals surface area contributed by atoms with Crippen LogP contribution in [0.3, 0.4) is 0 Å². The molecule has 0 bridgehead atoms. The van der Waals surface area contributed by atoms with E-state index in [0.717, 1.165) is 40.4 Å². The van der Waals surface area contributed by atoms with E-state index in [1.165, 1.54) is 11.8 Å². The first-order valence-corrected chi connectivity index (χ1v) is 10.6. The quantitative estimate of drug-likeness (QED) is 0.507. The van der Waals surface area contributed by atoms with E-state index in [-0.39, 0.29) is 6.04 Å². The molecule has 3 aromatic rings. The van der Waals surface area contributed by atoms with Crippen molar-refractivity contribution in [1.29, 1.82) is 0 Å². The average molecular weight is 435 g/mol. The van der Waals surface area contributed by atoms with Gasteiger partial charge in [0.25, 0.3) is 0 Å². The topological polar surface area (TPSA) is 59.7 Å². The normalized spacial score (nSPS) is 15.2. The first-order valence-electron chi connectivity index (χ1n) is 9.02. The molecule has 1 saturated carbocycles. The molecule has 2 aromatic heterocycles. The Hall–Kier alpha value is -1.67. The molecule has 1 aliphatic carbocycles. The fourth-order valence-corrected chi connectivity index (χ4v) is 4.01. The smallest absolute Gasteiger partial charge is 0.202 e. The summed E-state index contributed by atoms with van der Waals surface area (Å²) in [4.78, 5) is 11.1. The van der Waals surface area contributed by atoms with E-state index < -0.39 is 0 Å². The van der Waals surface area contributed by atoms with E-state index in [1.807, 2.05) is 42.9 Å². The summed E-state index contributed by atoms with van der Waals surface area (Å²) in [5.41, 5.74) is 0.947. The highest BCUT2D eigenvalue weighted by atomic mass is 35.5. The van der Waals surface area contributed by atoms with Gasteiger partial charge in [-0.05, 0) is 69.9 Å². The predicted octanol–water partition coefficient (Wildman–Crippen LogP) is 5.02. The summed E-state index contributed by atoms with van der Waals surface area (Å²) in [6.07, 6.45) is 2.24. The average Bonchev–Trinajstić information content (AvgIpc) is 3.43. The van der Waals surface area contributed by atoms with Gasteiger partial charge in [0.2, 0.25) is 5.16 Å². The second-order valence-corrected chi connectivity index (χ2v) is 8.87. The molecule has 0 radical (unpaired) electrons. The van der Waals surface area contributed by atoms with Gasteiger partial charge < -0.3 is 0 Å². The van der Waals surface area contributed by atoms with Crippen LogP contribution in [-0.2, 0) is 0 Å². The Morgan fingerprint density at radius 3 is 2.46 bits per heavy atom. The van der Waals surface area contributed by atoms with E-state index in [2.05, 4.69) is 32.0 Å². The Kier molecular flexibility index (Phi) is 5.60. The van der Waals surface area contributed by atoms with Crippen molar-refractivity contribution in [2.24, 2.45) is 0 Å². The number of benzene rings is 1. The van der Waals surface area contributed by atoms with Gasteiger partial charge in [0.05, 0.1) is 6.04 Å². The van der Waals surface area contributed by atoms with E-state index in [0.29, 0.717) is 16.1 Å². The molecular formula is C19H20Cl2N6S. The molecule has 1 aliphatic rings. The van der Waals surface area contributed by atoms with Crippen LogP contribution in [0.5, 0.6) is 0 Å². The van der Waals surface area contributed by atoms with Crippen molar-refractivity contribution in [3.8, 4) is 5.69 Å². The SMILES string of the molecule is CC(c1nnc(Sc2cc(Cl)nc(C3CC3)n2)n1-c1ccc(Cl)cc1)N(C)C. The minimum absolute atomic E-state index is 0.0774. The Labute approximate surface area is 178 Å². The highest BCUT2D eigenvalue weighted by Crippen LogP contribution is 2.40. The monoisotopic (exact) mass is 434 g/mol. The third-order valence-corrected chi connectivity index (χ3v) is 6.03. The lowest BCUT2D eigenvalue weighted by atomic mass is 10.2. The summed E-state index contributed by atoms with van der Waals surface area (Å²) in [5, 5.41) is 11.6. The molecule has 146 valence electrons. The number of rotatable bonds is 6. The molecular weight excluding hydrogens is 415 g/mol. The Morgan fingerprint density at radius 1 is 1.11 bits per heavy atom. The van der Waals surface area contributed by atoms with Crippen LogP contribution in [0.2, 0.25) is 10.2 Å². The molecule has 1 unspecified atom stereocenters. The van der Waals surface area contributed by atoms with Crippen molar-refractivity contribution >= 4 is 35.0 Å².